The fourth-order valence-electron chi connectivity index (χ4n) is 4.77. The van der Waals surface area contributed by atoms with Gasteiger partial charge in [-0.25, -0.2) is 8.42 Å². The number of hydrogen-bond donors (Lipinski definition) is 1. The van der Waals surface area contributed by atoms with Gasteiger partial charge in [-0.3, -0.25) is 4.79 Å². The first-order valence-corrected chi connectivity index (χ1v) is 11.4. The zero-order valence-corrected chi connectivity index (χ0v) is 16.0. The minimum absolute atomic E-state index is 0.0613. The molecule has 5 nitrogen and oxygen atoms in total. The second-order valence-corrected chi connectivity index (χ2v) is 9.91. The third-order valence-corrected chi connectivity index (χ3v) is 8.16. The second-order valence-electron chi connectivity index (χ2n) is 7.97. The van der Waals surface area contributed by atoms with Gasteiger partial charge in [-0.15, -0.1) is 0 Å². The molecule has 1 heterocycles. The Bertz CT molecular complexity index is 757. The second kappa shape index (κ2) is 7.31. The van der Waals surface area contributed by atoms with Crippen molar-refractivity contribution in [2.45, 2.75) is 56.3 Å². The number of anilines is 1. The van der Waals surface area contributed by atoms with Crippen LogP contribution in [-0.4, -0.2) is 31.7 Å². The number of carbonyl (C=O) groups is 1. The Morgan fingerprint density at radius 1 is 0.962 bits per heavy atom. The first-order chi connectivity index (χ1) is 12.6. The summed E-state index contributed by atoms with van der Waals surface area (Å²) in [6, 6.07) is 6.75. The van der Waals surface area contributed by atoms with Crippen LogP contribution in [0.4, 0.5) is 5.69 Å². The number of nitrogens with one attached hydrogen (secondary N) is 1. The summed E-state index contributed by atoms with van der Waals surface area (Å²) in [7, 11) is -3.49. The first-order valence-electron chi connectivity index (χ1n) is 9.98. The summed E-state index contributed by atoms with van der Waals surface area (Å²) in [5.74, 6) is 1.29. The Labute approximate surface area is 156 Å². The van der Waals surface area contributed by atoms with Gasteiger partial charge in [-0.05, 0) is 55.7 Å². The number of fused-ring (bicyclic) bond motifs is 1. The van der Waals surface area contributed by atoms with Gasteiger partial charge in [0.25, 0.3) is 0 Å². The molecule has 1 amide bonds. The minimum Gasteiger partial charge on any atom is -0.326 e. The van der Waals surface area contributed by atoms with Gasteiger partial charge < -0.3 is 5.32 Å². The molecule has 3 aliphatic rings. The van der Waals surface area contributed by atoms with E-state index in [1.54, 1.807) is 28.6 Å². The van der Waals surface area contributed by atoms with Gasteiger partial charge in [0.05, 0.1) is 4.90 Å². The Balaban J connectivity index is 1.47. The van der Waals surface area contributed by atoms with Crippen LogP contribution in [0.25, 0.3) is 0 Å². The molecule has 0 spiro atoms. The van der Waals surface area contributed by atoms with Crippen molar-refractivity contribution < 1.29 is 13.2 Å². The van der Waals surface area contributed by atoms with E-state index in [2.05, 4.69) is 5.32 Å². The number of hydrogen-bond acceptors (Lipinski definition) is 3. The number of amides is 1. The predicted molar refractivity (Wildman–Crippen MR) is 101 cm³/mol. The van der Waals surface area contributed by atoms with E-state index in [0.717, 1.165) is 38.5 Å². The minimum atomic E-state index is -3.49. The average Bonchev–Trinajstić information content (AvgIpc) is 3.41. The van der Waals surface area contributed by atoms with Gasteiger partial charge in [-0.1, -0.05) is 31.7 Å². The maximum absolute atomic E-state index is 12.9. The molecule has 1 aromatic carbocycles. The highest BCUT2D eigenvalue weighted by Crippen LogP contribution is 2.55. The van der Waals surface area contributed by atoms with Crippen LogP contribution in [0.2, 0.25) is 0 Å². The molecule has 0 aromatic heterocycles. The monoisotopic (exact) mass is 376 g/mol. The molecule has 26 heavy (non-hydrogen) atoms. The molecule has 142 valence electrons. The van der Waals surface area contributed by atoms with E-state index in [-0.39, 0.29) is 16.7 Å². The fourth-order valence-corrected chi connectivity index (χ4v) is 6.34. The Morgan fingerprint density at radius 3 is 2.27 bits per heavy atom. The molecule has 3 fully saturated rings. The highest BCUT2D eigenvalue weighted by atomic mass is 32.2. The molecular weight excluding hydrogens is 348 g/mol. The van der Waals surface area contributed by atoms with Crippen LogP contribution in [0.5, 0.6) is 0 Å². The SMILES string of the molecule is O=C(Nc1cccc(S(=O)(=O)N2CCCCCC2)c1)C1[C@@H]2CCCC[C@@H]12. The van der Waals surface area contributed by atoms with E-state index in [0.29, 0.717) is 30.6 Å². The molecule has 1 saturated heterocycles. The van der Waals surface area contributed by atoms with Crippen LogP contribution >= 0.6 is 0 Å². The van der Waals surface area contributed by atoms with Gasteiger partial charge in [0.15, 0.2) is 0 Å². The first kappa shape index (κ1) is 18.0. The summed E-state index contributed by atoms with van der Waals surface area (Å²) >= 11 is 0. The summed E-state index contributed by atoms with van der Waals surface area (Å²) in [4.78, 5) is 12.9. The molecule has 0 bridgehead atoms. The summed E-state index contributed by atoms with van der Waals surface area (Å²) < 4.78 is 27.5. The summed E-state index contributed by atoms with van der Waals surface area (Å²) in [6.45, 7) is 1.18. The van der Waals surface area contributed by atoms with E-state index >= 15 is 0 Å². The quantitative estimate of drug-likeness (QED) is 0.873. The summed E-state index contributed by atoms with van der Waals surface area (Å²) in [5.41, 5.74) is 0.592. The lowest BCUT2D eigenvalue weighted by Gasteiger charge is -2.20. The van der Waals surface area contributed by atoms with Crippen LogP contribution < -0.4 is 5.32 Å². The molecule has 2 aliphatic carbocycles. The molecule has 4 rings (SSSR count). The smallest absolute Gasteiger partial charge is 0.243 e. The standard InChI is InChI=1S/C20H28N2O3S/c23-20(19-17-10-3-4-11-18(17)19)21-15-8-7-9-16(14-15)26(24,25)22-12-5-1-2-6-13-22/h7-9,14,17-19H,1-6,10-13H2,(H,21,23)/t17-,18-/m1/s1. The van der Waals surface area contributed by atoms with Crippen molar-refractivity contribution in [3.8, 4) is 0 Å². The van der Waals surface area contributed by atoms with E-state index in [9.17, 15) is 13.2 Å². The van der Waals surface area contributed by atoms with Gasteiger partial charge in [-0.2, -0.15) is 4.31 Å². The van der Waals surface area contributed by atoms with E-state index in [1.807, 2.05) is 0 Å². The number of rotatable bonds is 4. The van der Waals surface area contributed by atoms with Crippen LogP contribution in [0.1, 0.15) is 51.4 Å². The topological polar surface area (TPSA) is 66.5 Å². The third kappa shape index (κ3) is 3.54. The average molecular weight is 377 g/mol. The number of carbonyl (C=O) groups excluding carboxylic acids is 1. The van der Waals surface area contributed by atoms with Crippen LogP contribution in [0.3, 0.4) is 0 Å². The van der Waals surface area contributed by atoms with Crippen molar-refractivity contribution in [2.24, 2.45) is 17.8 Å². The third-order valence-electron chi connectivity index (χ3n) is 6.26. The lowest BCUT2D eigenvalue weighted by molar-refractivity contribution is -0.117. The maximum atomic E-state index is 12.9. The molecule has 6 heteroatoms. The van der Waals surface area contributed by atoms with E-state index < -0.39 is 10.0 Å². The van der Waals surface area contributed by atoms with Crippen LogP contribution in [0, 0.1) is 17.8 Å². The van der Waals surface area contributed by atoms with Crippen molar-refractivity contribution in [3.63, 3.8) is 0 Å². The van der Waals surface area contributed by atoms with E-state index in [4.69, 9.17) is 0 Å². The summed E-state index contributed by atoms with van der Waals surface area (Å²) in [6.07, 6.45) is 8.79. The normalized spacial score (nSPS) is 29.5. The summed E-state index contributed by atoms with van der Waals surface area (Å²) in [5, 5.41) is 2.97. The van der Waals surface area contributed by atoms with Gasteiger partial charge in [0.2, 0.25) is 15.9 Å². The Kier molecular flexibility index (Phi) is 5.06. The van der Waals surface area contributed by atoms with E-state index in [1.165, 1.54) is 12.8 Å². The Morgan fingerprint density at radius 2 is 1.62 bits per heavy atom. The zero-order chi connectivity index (χ0) is 18.1. The molecule has 0 unspecified atom stereocenters. The molecule has 1 N–H and O–H groups in total. The largest absolute Gasteiger partial charge is 0.326 e. The molecule has 1 aromatic rings. The fraction of sp³-hybridized carbons (Fsp3) is 0.650. The highest BCUT2D eigenvalue weighted by Gasteiger charge is 2.54. The van der Waals surface area contributed by atoms with Gasteiger partial charge in [0.1, 0.15) is 0 Å². The highest BCUT2D eigenvalue weighted by molar-refractivity contribution is 7.89. The lowest BCUT2D eigenvalue weighted by Crippen LogP contribution is -2.32. The van der Waals surface area contributed by atoms with Crippen molar-refractivity contribution in [1.29, 1.82) is 0 Å². The van der Waals surface area contributed by atoms with Crippen molar-refractivity contribution in [3.05, 3.63) is 24.3 Å². The van der Waals surface area contributed by atoms with Crippen molar-refractivity contribution in [1.82, 2.24) is 4.31 Å². The molecule has 2 saturated carbocycles. The number of benzene rings is 1. The lowest BCUT2D eigenvalue weighted by atomic mass is 10.0. The molecule has 2 atom stereocenters. The number of sulfonamides is 1. The zero-order valence-electron chi connectivity index (χ0n) is 15.2. The molecular formula is C20H28N2O3S. The molecule has 1 aliphatic heterocycles. The van der Waals surface area contributed by atoms with Crippen LogP contribution in [-0.2, 0) is 14.8 Å². The van der Waals surface area contributed by atoms with Crippen molar-refractivity contribution >= 4 is 21.6 Å². The van der Waals surface area contributed by atoms with Gasteiger partial charge in [0, 0.05) is 24.7 Å². The Hall–Kier alpha value is -1.40. The predicted octanol–water partition coefficient (Wildman–Crippen LogP) is 3.63. The molecule has 0 radical (unpaired) electrons. The number of nitrogens with zero attached hydrogens (tertiary/aromatic N) is 1. The van der Waals surface area contributed by atoms with Gasteiger partial charge >= 0.3 is 0 Å². The maximum Gasteiger partial charge on any atom is 0.243 e. The van der Waals surface area contributed by atoms with Crippen LogP contribution in [0.15, 0.2) is 29.2 Å². The van der Waals surface area contributed by atoms with Crippen molar-refractivity contribution in [2.75, 3.05) is 18.4 Å².